The van der Waals surface area contributed by atoms with Gasteiger partial charge in [0.15, 0.2) is 0 Å². The van der Waals surface area contributed by atoms with E-state index >= 15 is 0 Å². The molecule has 17 heavy (non-hydrogen) atoms. The maximum atomic E-state index is 11.3. The molecule has 1 saturated carbocycles. The number of fused-ring (bicyclic) bond motifs is 1. The second kappa shape index (κ2) is 4.15. The van der Waals surface area contributed by atoms with Crippen LogP contribution >= 0.6 is 0 Å². The van der Waals surface area contributed by atoms with Crippen LogP contribution in [0.3, 0.4) is 0 Å². The lowest BCUT2D eigenvalue weighted by atomic mass is 9.77. The first-order valence-corrected chi connectivity index (χ1v) is 6.38. The molecule has 0 saturated heterocycles. The maximum absolute atomic E-state index is 11.3. The molecular formula is C14H18N2O. The summed E-state index contributed by atoms with van der Waals surface area (Å²) in [6, 6.07) is 6.82. The normalized spacial score (nSPS) is 20.6. The fraction of sp³-hybridized carbons (Fsp3) is 0.500. The number of carbonyl (C=O) groups is 1. The van der Waals surface area contributed by atoms with Gasteiger partial charge in [-0.1, -0.05) is 18.6 Å². The quantitative estimate of drug-likeness (QED) is 0.836. The predicted molar refractivity (Wildman–Crippen MR) is 67.9 cm³/mol. The lowest BCUT2D eigenvalue weighted by Crippen LogP contribution is -2.29. The Morgan fingerprint density at radius 2 is 2.24 bits per heavy atom. The van der Waals surface area contributed by atoms with Crippen molar-refractivity contribution in [3.8, 4) is 0 Å². The van der Waals surface area contributed by atoms with Gasteiger partial charge >= 0.3 is 0 Å². The molecule has 2 N–H and O–H groups in total. The summed E-state index contributed by atoms with van der Waals surface area (Å²) in [4.78, 5) is 11.3. The fourth-order valence-corrected chi connectivity index (χ4v) is 2.89. The third-order valence-electron chi connectivity index (χ3n) is 4.05. The Hall–Kier alpha value is -1.35. The van der Waals surface area contributed by atoms with E-state index in [1.165, 1.54) is 24.8 Å². The standard InChI is InChI=1S/C14H18N2O/c1-15-14(9-3-2-4-9)10-5-6-12-11(7-10)8-13(17)16-12/h5-7,9,14-15H,2-4,8H2,1H3,(H,16,17). The third-order valence-corrected chi connectivity index (χ3v) is 4.05. The van der Waals surface area contributed by atoms with Crippen molar-refractivity contribution in [2.45, 2.75) is 31.7 Å². The summed E-state index contributed by atoms with van der Waals surface area (Å²) in [5, 5.41) is 6.30. The lowest BCUT2D eigenvalue weighted by Gasteiger charge is -2.34. The second-order valence-corrected chi connectivity index (χ2v) is 5.10. The van der Waals surface area contributed by atoms with Gasteiger partial charge in [-0.15, -0.1) is 0 Å². The number of rotatable bonds is 3. The van der Waals surface area contributed by atoms with Crippen molar-refractivity contribution >= 4 is 11.6 Å². The van der Waals surface area contributed by atoms with Gasteiger partial charge in [0.1, 0.15) is 0 Å². The molecule has 1 aliphatic carbocycles. The van der Waals surface area contributed by atoms with Crippen LogP contribution in [0.25, 0.3) is 0 Å². The van der Waals surface area contributed by atoms with Gasteiger partial charge in [-0.05, 0) is 43.0 Å². The van der Waals surface area contributed by atoms with E-state index in [4.69, 9.17) is 0 Å². The van der Waals surface area contributed by atoms with Gasteiger partial charge in [0.05, 0.1) is 6.42 Å². The monoisotopic (exact) mass is 230 g/mol. The van der Waals surface area contributed by atoms with Crippen LogP contribution < -0.4 is 10.6 Å². The summed E-state index contributed by atoms with van der Waals surface area (Å²) < 4.78 is 0. The molecule has 1 heterocycles. The molecule has 1 fully saturated rings. The van der Waals surface area contributed by atoms with E-state index in [9.17, 15) is 4.79 Å². The molecule has 1 unspecified atom stereocenters. The van der Waals surface area contributed by atoms with Crippen LogP contribution in [-0.4, -0.2) is 13.0 Å². The van der Waals surface area contributed by atoms with Crippen molar-refractivity contribution in [3.05, 3.63) is 29.3 Å². The molecule has 0 radical (unpaired) electrons. The number of amides is 1. The summed E-state index contributed by atoms with van der Waals surface area (Å²) >= 11 is 0. The number of hydrogen-bond donors (Lipinski definition) is 2. The van der Waals surface area contributed by atoms with Gasteiger partial charge in [-0.3, -0.25) is 4.79 Å². The molecule has 3 nitrogen and oxygen atoms in total. The summed E-state index contributed by atoms with van der Waals surface area (Å²) in [5.74, 6) is 0.880. The van der Waals surface area contributed by atoms with Crippen molar-refractivity contribution in [3.63, 3.8) is 0 Å². The number of hydrogen-bond acceptors (Lipinski definition) is 2. The molecule has 3 heteroatoms. The van der Waals surface area contributed by atoms with E-state index in [-0.39, 0.29) is 5.91 Å². The van der Waals surface area contributed by atoms with Crippen LogP contribution in [-0.2, 0) is 11.2 Å². The number of benzene rings is 1. The highest BCUT2D eigenvalue weighted by Gasteiger charge is 2.28. The molecule has 1 aromatic rings. The zero-order valence-electron chi connectivity index (χ0n) is 10.1. The molecule has 90 valence electrons. The molecule has 1 atom stereocenters. The SMILES string of the molecule is CNC(c1ccc2c(c1)CC(=O)N2)C1CCC1. The number of nitrogens with one attached hydrogen (secondary N) is 2. The van der Waals surface area contributed by atoms with E-state index in [1.54, 1.807) is 0 Å². The number of carbonyl (C=O) groups excluding carboxylic acids is 1. The van der Waals surface area contributed by atoms with Crippen LogP contribution in [0.5, 0.6) is 0 Å². The second-order valence-electron chi connectivity index (χ2n) is 5.10. The average molecular weight is 230 g/mol. The zero-order valence-corrected chi connectivity index (χ0v) is 10.1. The molecule has 2 aliphatic rings. The van der Waals surface area contributed by atoms with E-state index < -0.39 is 0 Å². The molecular weight excluding hydrogens is 212 g/mol. The highest BCUT2D eigenvalue weighted by molar-refractivity contribution is 5.99. The minimum atomic E-state index is 0.113. The molecule has 3 rings (SSSR count). The van der Waals surface area contributed by atoms with Crippen LogP contribution in [0.4, 0.5) is 5.69 Å². The number of anilines is 1. The smallest absolute Gasteiger partial charge is 0.228 e. The molecule has 1 amide bonds. The van der Waals surface area contributed by atoms with Crippen molar-refractivity contribution < 1.29 is 4.79 Å². The van der Waals surface area contributed by atoms with Gasteiger partial charge in [-0.2, -0.15) is 0 Å². The highest BCUT2D eigenvalue weighted by Crippen LogP contribution is 2.38. The van der Waals surface area contributed by atoms with E-state index in [1.807, 2.05) is 13.1 Å². The zero-order chi connectivity index (χ0) is 11.8. The Bertz CT molecular complexity index is 452. The van der Waals surface area contributed by atoms with Crippen molar-refractivity contribution in [1.29, 1.82) is 0 Å². The predicted octanol–water partition coefficient (Wildman–Crippen LogP) is 2.24. The molecule has 0 aromatic heterocycles. The summed E-state index contributed by atoms with van der Waals surface area (Å²) in [7, 11) is 2.03. The van der Waals surface area contributed by atoms with Gasteiger partial charge in [0, 0.05) is 11.7 Å². The Morgan fingerprint density at radius 1 is 1.41 bits per heavy atom. The Morgan fingerprint density at radius 3 is 2.88 bits per heavy atom. The first-order valence-electron chi connectivity index (χ1n) is 6.38. The van der Waals surface area contributed by atoms with Crippen LogP contribution in [0, 0.1) is 5.92 Å². The average Bonchev–Trinajstić information content (AvgIpc) is 2.61. The molecule has 0 bridgehead atoms. The van der Waals surface area contributed by atoms with Crippen LogP contribution in [0.2, 0.25) is 0 Å². The molecule has 1 aliphatic heterocycles. The Labute approximate surface area is 102 Å². The van der Waals surface area contributed by atoms with Crippen LogP contribution in [0.15, 0.2) is 18.2 Å². The van der Waals surface area contributed by atoms with E-state index in [0.29, 0.717) is 12.5 Å². The highest BCUT2D eigenvalue weighted by atomic mass is 16.1. The third kappa shape index (κ3) is 1.84. The molecule has 0 spiro atoms. The Balaban J connectivity index is 1.88. The maximum Gasteiger partial charge on any atom is 0.228 e. The topological polar surface area (TPSA) is 41.1 Å². The van der Waals surface area contributed by atoms with Crippen molar-refractivity contribution in [2.75, 3.05) is 12.4 Å². The Kier molecular flexibility index (Phi) is 2.63. The van der Waals surface area contributed by atoms with Crippen molar-refractivity contribution in [2.24, 2.45) is 5.92 Å². The van der Waals surface area contributed by atoms with Crippen molar-refractivity contribution in [1.82, 2.24) is 5.32 Å². The first-order chi connectivity index (χ1) is 8.28. The van der Waals surface area contributed by atoms with E-state index in [2.05, 4.69) is 22.8 Å². The lowest BCUT2D eigenvalue weighted by molar-refractivity contribution is -0.115. The summed E-state index contributed by atoms with van der Waals surface area (Å²) in [5.41, 5.74) is 3.46. The minimum absolute atomic E-state index is 0.113. The first kappa shape index (κ1) is 10.8. The largest absolute Gasteiger partial charge is 0.326 e. The van der Waals surface area contributed by atoms with Gasteiger partial charge < -0.3 is 10.6 Å². The van der Waals surface area contributed by atoms with Gasteiger partial charge in [0.2, 0.25) is 5.91 Å². The van der Waals surface area contributed by atoms with Crippen LogP contribution in [0.1, 0.15) is 36.4 Å². The van der Waals surface area contributed by atoms with E-state index in [0.717, 1.165) is 17.2 Å². The summed E-state index contributed by atoms with van der Waals surface area (Å²) in [6.45, 7) is 0. The fourth-order valence-electron chi connectivity index (χ4n) is 2.89. The summed E-state index contributed by atoms with van der Waals surface area (Å²) in [6.07, 6.45) is 4.53. The molecule has 1 aromatic carbocycles. The minimum Gasteiger partial charge on any atom is -0.326 e. The van der Waals surface area contributed by atoms with Gasteiger partial charge in [-0.25, -0.2) is 0 Å². The van der Waals surface area contributed by atoms with Gasteiger partial charge in [0.25, 0.3) is 0 Å².